The maximum absolute atomic E-state index is 12.4. The first kappa shape index (κ1) is 14.2. The number of nitrogens with one attached hydrogen (secondary N) is 1. The van der Waals surface area contributed by atoms with Gasteiger partial charge in [-0.25, -0.2) is 0 Å². The summed E-state index contributed by atoms with van der Waals surface area (Å²) in [5.74, 6) is 0.193. The molecule has 0 amide bonds. The molecule has 0 unspecified atom stereocenters. The molecular weight excluding hydrogens is 267 g/mol. The number of aromatic hydroxyl groups is 1. The molecular formula is C15H14F3NO. The quantitative estimate of drug-likeness (QED) is 0.828. The number of phenols is 1. The van der Waals surface area contributed by atoms with Gasteiger partial charge < -0.3 is 10.4 Å². The predicted molar refractivity (Wildman–Crippen MR) is 71.7 cm³/mol. The summed E-state index contributed by atoms with van der Waals surface area (Å²) in [6.07, 6.45) is -3.66. The summed E-state index contributed by atoms with van der Waals surface area (Å²) >= 11 is 0. The molecule has 0 heterocycles. The highest BCUT2D eigenvalue weighted by molar-refractivity contribution is 5.46. The van der Waals surface area contributed by atoms with E-state index in [1.807, 2.05) is 0 Å². The molecule has 5 heteroatoms. The standard InChI is InChI=1S/C15H14F3NO/c16-15(17,18)12-3-1-11(2-4-12)9-10-19-13-5-7-14(20)8-6-13/h1-8,19-20H,9-10H2. The van der Waals surface area contributed by atoms with Crippen LogP contribution in [0.4, 0.5) is 18.9 Å². The molecule has 2 rings (SSSR count). The van der Waals surface area contributed by atoms with Gasteiger partial charge in [-0.1, -0.05) is 12.1 Å². The van der Waals surface area contributed by atoms with Crippen LogP contribution in [0.15, 0.2) is 48.5 Å². The maximum Gasteiger partial charge on any atom is 0.416 e. The molecule has 0 fully saturated rings. The Hall–Kier alpha value is -2.17. The Balaban J connectivity index is 1.87. The van der Waals surface area contributed by atoms with Crippen LogP contribution in [0.5, 0.6) is 5.75 Å². The molecule has 0 bridgehead atoms. The highest BCUT2D eigenvalue weighted by atomic mass is 19.4. The van der Waals surface area contributed by atoms with E-state index in [4.69, 9.17) is 5.11 Å². The molecule has 2 N–H and O–H groups in total. The van der Waals surface area contributed by atoms with Crippen molar-refractivity contribution in [3.8, 4) is 5.75 Å². The van der Waals surface area contributed by atoms with E-state index >= 15 is 0 Å². The minimum atomic E-state index is -4.29. The van der Waals surface area contributed by atoms with Crippen LogP contribution in [0.3, 0.4) is 0 Å². The fourth-order valence-corrected chi connectivity index (χ4v) is 1.79. The number of anilines is 1. The van der Waals surface area contributed by atoms with Gasteiger partial charge in [0.2, 0.25) is 0 Å². The largest absolute Gasteiger partial charge is 0.508 e. The van der Waals surface area contributed by atoms with Crippen molar-refractivity contribution in [2.45, 2.75) is 12.6 Å². The molecule has 0 aliphatic carbocycles. The third kappa shape index (κ3) is 3.91. The number of hydrogen-bond acceptors (Lipinski definition) is 2. The van der Waals surface area contributed by atoms with Crippen molar-refractivity contribution in [3.05, 3.63) is 59.7 Å². The summed E-state index contributed by atoms with van der Waals surface area (Å²) in [6.45, 7) is 0.607. The molecule has 0 saturated heterocycles. The summed E-state index contributed by atoms with van der Waals surface area (Å²) < 4.78 is 37.2. The lowest BCUT2D eigenvalue weighted by atomic mass is 10.1. The van der Waals surface area contributed by atoms with Crippen LogP contribution in [-0.4, -0.2) is 11.7 Å². The zero-order valence-electron chi connectivity index (χ0n) is 10.6. The van der Waals surface area contributed by atoms with Crippen LogP contribution in [0.2, 0.25) is 0 Å². The molecule has 0 radical (unpaired) electrons. The number of benzene rings is 2. The summed E-state index contributed by atoms with van der Waals surface area (Å²) in [6, 6.07) is 11.8. The lowest BCUT2D eigenvalue weighted by Crippen LogP contribution is -2.07. The van der Waals surface area contributed by atoms with Gasteiger partial charge in [0.05, 0.1) is 5.56 Å². The van der Waals surface area contributed by atoms with Crippen molar-refractivity contribution in [2.24, 2.45) is 0 Å². The highest BCUT2D eigenvalue weighted by Crippen LogP contribution is 2.29. The molecule has 0 aliphatic heterocycles. The zero-order chi connectivity index (χ0) is 14.6. The molecule has 0 aliphatic rings. The van der Waals surface area contributed by atoms with Gasteiger partial charge in [-0.15, -0.1) is 0 Å². The van der Waals surface area contributed by atoms with E-state index in [1.54, 1.807) is 24.3 Å². The number of alkyl halides is 3. The molecule has 2 aromatic carbocycles. The van der Waals surface area contributed by atoms with Gasteiger partial charge in [-0.05, 0) is 48.4 Å². The van der Waals surface area contributed by atoms with Crippen LogP contribution in [0.25, 0.3) is 0 Å². The monoisotopic (exact) mass is 281 g/mol. The van der Waals surface area contributed by atoms with E-state index in [1.165, 1.54) is 12.1 Å². The van der Waals surface area contributed by atoms with Crippen LogP contribution < -0.4 is 5.32 Å². The molecule has 2 nitrogen and oxygen atoms in total. The van der Waals surface area contributed by atoms with E-state index < -0.39 is 11.7 Å². The average Bonchev–Trinajstić information content (AvgIpc) is 2.41. The molecule has 0 saturated carbocycles. The van der Waals surface area contributed by atoms with Crippen molar-refractivity contribution in [1.82, 2.24) is 0 Å². The van der Waals surface area contributed by atoms with Gasteiger partial charge >= 0.3 is 6.18 Å². The number of halogens is 3. The van der Waals surface area contributed by atoms with Crippen molar-refractivity contribution in [3.63, 3.8) is 0 Å². The molecule has 0 spiro atoms. The Morgan fingerprint density at radius 1 is 0.900 bits per heavy atom. The topological polar surface area (TPSA) is 32.3 Å². The van der Waals surface area contributed by atoms with Crippen LogP contribution in [-0.2, 0) is 12.6 Å². The first-order valence-corrected chi connectivity index (χ1v) is 6.14. The Bertz CT molecular complexity index is 547. The highest BCUT2D eigenvalue weighted by Gasteiger charge is 2.29. The molecule has 20 heavy (non-hydrogen) atoms. The number of hydrogen-bond donors (Lipinski definition) is 2. The van der Waals surface area contributed by atoms with E-state index in [-0.39, 0.29) is 5.75 Å². The van der Waals surface area contributed by atoms with Crippen molar-refractivity contribution in [2.75, 3.05) is 11.9 Å². The minimum absolute atomic E-state index is 0.193. The Morgan fingerprint density at radius 3 is 2.05 bits per heavy atom. The third-order valence-corrected chi connectivity index (χ3v) is 2.89. The summed E-state index contributed by atoms with van der Waals surface area (Å²) in [7, 11) is 0. The van der Waals surface area contributed by atoms with Gasteiger partial charge in [-0.3, -0.25) is 0 Å². The minimum Gasteiger partial charge on any atom is -0.508 e. The normalized spacial score (nSPS) is 11.3. The first-order chi connectivity index (χ1) is 9.45. The smallest absolute Gasteiger partial charge is 0.416 e. The van der Waals surface area contributed by atoms with Gasteiger partial charge in [0.15, 0.2) is 0 Å². The second-order valence-corrected chi connectivity index (χ2v) is 4.42. The fourth-order valence-electron chi connectivity index (χ4n) is 1.79. The van der Waals surface area contributed by atoms with E-state index in [0.717, 1.165) is 23.4 Å². The van der Waals surface area contributed by atoms with Crippen LogP contribution in [0.1, 0.15) is 11.1 Å². The Kier molecular flexibility index (Phi) is 4.17. The lowest BCUT2D eigenvalue weighted by Gasteiger charge is -2.09. The Morgan fingerprint density at radius 2 is 1.50 bits per heavy atom. The summed E-state index contributed by atoms with van der Waals surface area (Å²) in [5, 5.41) is 12.3. The van der Waals surface area contributed by atoms with Crippen LogP contribution >= 0.6 is 0 Å². The van der Waals surface area contributed by atoms with E-state index in [9.17, 15) is 13.2 Å². The Labute approximate surface area is 114 Å². The number of phenolic OH excluding ortho intramolecular Hbond substituents is 1. The van der Waals surface area contributed by atoms with Crippen molar-refractivity contribution in [1.29, 1.82) is 0 Å². The van der Waals surface area contributed by atoms with Crippen molar-refractivity contribution >= 4 is 5.69 Å². The van der Waals surface area contributed by atoms with E-state index in [0.29, 0.717) is 13.0 Å². The summed E-state index contributed by atoms with van der Waals surface area (Å²) in [4.78, 5) is 0. The molecule has 0 aromatic heterocycles. The third-order valence-electron chi connectivity index (χ3n) is 2.89. The van der Waals surface area contributed by atoms with E-state index in [2.05, 4.69) is 5.32 Å². The second-order valence-electron chi connectivity index (χ2n) is 4.42. The summed E-state index contributed by atoms with van der Waals surface area (Å²) in [5.41, 5.74) is 1.06. The van der Waals surface area contributed by atoms with Gasteiger partial charge in [-0.2, -0.15) is 13.2 Å². The lowest BCUT2D eigenvalue weighted by molar-refractivity contribution is -0.137. The zero-order valence-corrected chi connectivity index (χ0v) is 10.6. The van der Waals surface area contributed by atoms with Crippen molar-refractivity contribution < 1.29 is 18.3 Å². The maximum atomic E-state index is 12.4. The first-order valence-electron chi connectivity index (χ1n) is 6.14. The van der Waals surface area contributed by atoms with Crippen LogP contribution in [0, 0.1) is 0 Å². The number of rotatable bonds is 4. The van der Waals surface area contributed by atoms with Gasteiger partial charge in [0, 0.05) is 12.2 Å². The molecule has 0 atom stereocenters. The fraction of sp³-hybridized carbons (Fsp3) is 0.200. The van der Waals surface area contributed by atoms with Gasteiger partial charge in [0.25, 0.3) is 0 Å². The molecule has 106 valence electrons. The SMILES string of the molecule is Oc1ccc(NCCc2ccc(C(F)(F)F)cc2)cc1. The predicted octanol–water partition coefficient (Wildman–Crippen LogP) is 4.07. The molecule has 2 aromatic rings. The van der Waals surface area contributed by atoms with Gasteiger partial charge in [0.1, 0.15) is 5.75 Å². The second kappa shape index (κ2) is 5.86. The average molecular weight is 281 g/mol.